The second-order valence-electron chi connectivity index (χ2n) is 5.95. The third-order valence-corrected chi connectivity index (χ3v) is 4.70. The molecule has 23 heavy (non-hydrogen) atoms. The van der Waals surface area contributed by atoms with Crippen molar-refractivity contribution in [1.29, 1.82) is 0 Å². The predicted octanol–water partition coefficient (Wildman–Crippen LogP) is 4.82. The summed E-state index contributed by atoms with van der Waals surface area (Å²) in [6, 6.07) is 7.24. The number of carbonyl (C=O) groups excluding carboxylic acids is 1. The van der Waals surface area contributed by atoms with Gasteiger partial charge in [-0.05, 0) is 62.4 Å². The highest BCUT2D eigenvalue weighted by molar-refractivity contribution is 9.10. The summed E-state index contributed by atoms with van der Waals surface area (Å²) in [5.74, 6) is -0.275. The van der Waals surface area contributed by atoms with E-state index >= 15 is 0 Å². The Bertz CT molecular complexity index is 591. The Labute approximate surface area is 145 Å². The Balaban J connectivity index is 1.62. The van der Waals surface area contributed by atoms with Gasteiger partial charge in [-0.3, -0.25) is 0 Å². The van der Waals surface area contributed by atoms with Crippen molar-refractivity contribution >= 4 is 21.9 Å². The molecule has 1 heterocycles. The Kier molecular flexibility index (Phi) is 5.68. The number of fused-ring (bicyclic) bond motifs is 1. The van der Waals surface area contributed by atoms with Crippen LogP contribution in [0, 0.1) is 0 Å². The minimum atomic E-state index is -0.275. The molecule has 0 radical (unpaired) electrons. The van der Waals surface area contributed by atoms with Crippen molar-refractivity contribution in [2.24, 2.45) is 0 Å². The molecule has 1 aromatic carbocycles. The number of benzene rings is 1. The van der Waals surface area contributed by atoms with Crippen LogP contribution in [0.4, 0.5) is 0 Å². The van der Waals surface area contributed by atoms with Gasteiger partial charge in [0.1, 0.15) is 6.10 Å². The van der Waals surface area contributed by atoms with Crippen LogP contribution in [0.15, 0.2) is 53.0 Å². The summed E-state index contributed by atoms with van der Waals surface area (Å²) >= 11 is 3.37. The number of epoxide rings is 1. The predicted molar refractivity (Wildman–Crippen MR) is 93.4 cm³/mol. The third kappa shape index (κ3) is 5.05. The van der Waals surface area contributed by atoms with Gasteiger partial charge in [-0.25, -0.2) is 4.79 Å². The van der Waals surface area contributed by atoms with Crippen molar-refractivity contribution in [2.75, 3.05) is 0 Å². The Hall–Kier alpha value is -1.39. The van der Waals surface area contributed by atoms with E-state index < -0.39 is 0 Å². The fourth-order valence-electron chi connectivity index (χ4n) is 2.78. The molecule has 0 amide bonds. The van der Waals surface area contributed by atoms with Gasteiger partial charge in [-0.15, -0.1) is 0 Å². The molecule has 3 rings (SSSR count). The van der Waals surface area contributed by atoms with E-state index in [0.29, 0.717) is 17.8 Å². The maximum Gasteiger partial charge on any atom is 0.338 e. The largest absolute Gasteiger partial charge is 0.455 e. The molecule has 3 atom stereocenters. The van der Waals surface area contributed by atoms with Gasteiger partial charge in [-0.2, -0.15) is 0 Å². The Morgan fingerprint density at radius 1 is 1.04 bits per heavy atom. The molecule has 1 fully saturated rings. The van der Waals surface area contributed by atoms with Crippen LogP contribution in [0.3, 0.4) is 0 Å². The minimum absolute atomic E-state index is 0.191. The molecular formula is C19H21BrO3. The fourth-order valence-corrected chi connectivity index (χ4v) is 3.05. The molecule has 3 nitrogen and oxygen atoms in total. The van der Waals surface area contributed by atoms with Crippen molar-refractivity contribution in [3.63, 3.8) is 0 Å². The van der Waals surface area contributed by atoms with Crippen LogP contribution in [0.5, 0.6) is 0 Å². The first-order chi connectivity index (χ1) is 11.2. The molecule has 1 aliphatic heterocycles. The number of halogens is 1. The van der Waals surface area contributed by atoms with Gasteiger partial charge in [0.15, 0.2) is 0 Å². The van der Waals surface area contributed by atoms with Gasteiger partial charge in [0.2, 0.25) is 0 Å². The van der Waals surface area contributed by atoms with E-state index in [-0.39, 0.29) is 12.1 Å². The lowest BCUT2D eigenvalue weighted by molar-refractivity contribution is 0.0373. The third-order valence-electron chi connectivity index (χ3n) is 4.17. The standard InChI is InChI=1S/C19H21BrO3/c20-15-10-8-14(9-11-15)19(21)22-16-6-4-2-1-3-5-7-17-18(23-17)13-12-16/h1,3-4,6,8-11,16-18H,2,5,7,12-13H2/b3-1+,6-4-/t16-,17+,18-/m1/s1. The molecule has 0 unspecified atom stereocenters. The molecule has 1 saturated heterocycles. The SMILES string of the molecule is O=C(O[C@@H]1/C=C\C/C=C/CC[C@@H]2O[C@@H]2CC1)c1ccc(Br)cc1. The van der Waals surface area contributed by atoms with E-state index in [0.717, 1.165) is 36.6 Å². The highest BCUT2D eigenvalue weighted by Crippen LogP contribution is 2.31. The lowest BCUT2D eigenvalue weighted by Crippen LogP contribution is -2.17. The number of allylic oxidation sites excluding steroid dienone is 3. The molecule has 0 aromatic heterocycles. The van der Waals surface area contributed by atoms with Crippen LogP contribution < -0.4 is 0 Å². The van der Waals surface area contributed by atoms with Crippen LogP contribution in [0.2, 0.25) is 0 Å². The molecule has 4 heteroatoms. The number of rotatable bonds is 2. The first kappa shape index (κ1) is 16.5. The molecule has 122 valence electrons. The summed E-state index contributed by atoms with van der Waals surface area (Å²) in [6.07, 6.45) is 13.8. The van der Waals surface area contributed by atoms with E-state index in [1.165, 1.54) is 0 Å². The zero-order valence-corrected chi connectivity index (χ0v) is 14.6. The minimum Gasteiger partial charge on any atom is -0.455 e. The first-order valence-electron chi connectivity index (χ1n) is 8.16. The van der Waals surface area contributed by atoms with Gasteiger partial charge in [-0.1, -0.05) is 34.2 Å². The normalized spacial score (nSPS) is 30.2. The highest BCUT2D eigenvalue weighted by Gasteiger charge is 2.37. The summed E-state index contributed by atoms with van der Waals surface area (Å²) in [6.45, 7) is 0. The zero-order valence-electron chi connectivity index (χ0n) is 13.0. The average molecular weight is 377 g/mol. The van der Waals surface area contributed by atoms with E-state index in [9.17, 15) is 4.79 Å². The number of carbonyl (C=O) groups is 1. The van der Waals surface area contributed by atoms with Crippen molar-refractivity contribution in [2.45, 2.75) is 50.4 Å². The van der Waals surface area contributed by atoms with E-state index in [1.54, 1.807) is 12.1 Å². The molecule has 1 aliphatic carbocycles. The van der Waals surface area contributed by atoms with E-state index in [1.807, 2.05) is 18.2 Å². The Morgan fingerprint density at radius 2 is 1.83 bits per heavy atom. The second kappa shape index (κ2) is 7.93. The van der Waals surface area contributed by atoms with Crippen LogP contribution >= 0.6 is 15.9 Å². The monoisotopic (exact) mass is 376 g/mol. The quantitative estimate of drug-likeness (QED) is 0.422. The molecule has 0 spiro atoms. The number of esters is 1. The van der Waals surface area contributed by atoms with Gasteiger partial charge in [0, 0.05) is 4.47 Å². The van der Waals surface area contributed by atoms with E-state index in [4.69, 9.17) is 9.47 Å². The summed E-state index contributed by atoms with van der Waals surface area (Å²) in [7, 11) is 0. The molecule has 0 saturated carbocycles. The summed E-state index contributed by atoms with van der Waals surface area (Å²) in [4.78, 5) is 12.3. The van der Waals surface area contributed by atoms with Crippen molar-refractivity contribution in [1.82, 2.24) is 0 Å². The van der Waals surface area contributed by atoms with Crippen molar-refractivity contribution in [3.05, 3.63) is 58.6 Å². The smallest absolute Gasteiger partial charge is 0.338 e. The van der Waals surface area contributed by atoms with Crippen LogP contribution in [0.25, 0.3) is 0 Å². The molecule has 2 aliphatic rings. The van der Waals surface area contributed by atoms with E-state index in [2.05, 4.69) is 34.2 Å². The molecule has 0 bridgehead atoms. The van der Waals surface area contributed by atoms with Gasteiger partial charge >= 0.3 is 5.97 Å². The molecule has 1 aromatic rings. The maximum absolute atomic E-state index is 12.3. The molecular weight excluding hydrogens is 356 g/mol. The Morgan fingerprint density at radius 3 is 2.65 bits per heavy atom. The summed E-state index contributed by atoms with van der Waals surface area (Å²) in [5.41, 5.74) is 0.577. The number of hydrogen-bond acceptors (Lipinski definition) is 3. The summed E-state index contributed by atoms with van der Waals surface area (Å²) in [5, 5.41) is 0. The van der Waals surface area contributed by atoms with Gasteiger partial charge in [0.25, 0.3) is 0 Å². The average Bonchev–Trinajstić information content (AvgIpc) is 3.28. The topological polar surface area (TPSA) is 38.8 Å². The van der Waals surface area contributed by atoms with Gasteiger partial charge < -0.3 is 9.47 Å². The first-order valence-corrected chi connectivity index (χ1v) is 8.95. The van der Waals surface area contributed by atoms with Gasteiger partial charge in [0.05, 0.1) is 17.8 Å². The lowest BCUT2D eigenvalue weighted by Gasteiger charge is -2.14. The maximum atomic E-state index is 12.3. The lowest BCUT2D eigenvalue weighted by atomic mass is 10.1. The fraction of sp³-hybridized carbons (Fsp3) is 0.421. The van der Waals surface area contributed by atoms with Crippen LogP contribution in [-0.2, 0) is 9.47 Å². The second-order valence-corrected chi connectivity index (χ2v) is 6.87. The number of ether oxygens (including phenoxy) is 2. The van der Waals surface area contributed by atoms with Crippen LogP contribution in [-0.4, -0.2) is 24.3 Å². The van der Waals surface area contributed by atoms with Crippen molar-refractivity contribution < 1.29 is 14.3 Å². The van der Waals surface area contributed by atoms with Crippen LogP contribution in [0.1, 0.15) is 42.5 Å². The number of hydrogen-bond donors (Lipinski definition) is 0. The van der Waals surface area contributed by atoms with Crippen molar-refractivity contribution in [3.8, 4) is 0 Å². The molecule has 0 N–H and O–H groups in total. The summed E-state index contributed by atoms with van der Waals surface area (Å²) < 4.78 is 12.3. The highest BCUT2D eigenvalue weighted by atomic mass is 79.9. The zero-order chi connectivity index (χ0) is 16.1.